The molecule has 1 aliphatic heterocycles. The fraction of sp³-hybridized carbons (Fsp3) is 0.462. The van der Waals surface area contributed by atoms with Crippen LogP contribution in [0.15, 0.2) is 18.2 Å². The first-order chi connectivity index (χ1) is 9.85. The molecule has 0 spiro atoms. The summed E-state index contributed by atoms with van der Waals surface area (Å²) in [6.45, 7) is 2.11. The Morgan fingerprint density at radius 1 is 1.50 bits per heavy atom. The van der Waals surface area contributed by atoms with Crippen molar-refractivity contribution in [2.24, 2.45) is 11.7 Å². The summed E-state index contributed by atoms with van der Waals surface area (Å²) >= 11 is 0. The summed E-state index contributed by atoms with van der Waals surface area (Å²) in [6, 6.07) is 3.87. The number of benzene rings is 1. The van der Waals surface area contributed by atoms with Crippen molar-refractivity contribution in [1.82, 2.24) is 0 Å². The second-order valence-electron chi connectivity index (χ2n) is 5.03. The molecule has 1 atom stereocenters. The molecule has 124 valence electrons. The van der Waals surface area contributed by atoms with Crippen molar-refractivity contribution in [2.45, 2.75) is 13.3 Å². The zero-order chi connectivity index (χ0) is 15.6. The van der Waals surface area contributed by atoms with Crippen LogP contribution in [0.2, 0.25) is 0 Å². The van der Waals surface area contributed by atoms with E-state index in [1.54, 1.807) is 6.92 Å². The number of carbonyl (C=O) groups excluding carboxylic acids is 1. The van der Waals surface area contributed by atoms with Gasteiger partial charge in [0.2, 0.25) is 15.9 Å². The molecule has 1 amide bonds. The van der Waals surface area contributed by atoms with E-state index in [1.807, 2.05) is 0 Å². The average Bonchev–Trinajstić information content (AvgIpc) is 2.79. The third-order valence-electron chi connectivity index (χ3n) is 3.38. The smallest absolute Gasteiger partial charge is 0.235 e. The predicted octanol–water partition coefficient (Wildman–Crippen LogP) is 1.32. The molecular formula is C13H19ClFN3O3S. The van der Waals surface area contributed by atoms with Gasteiger partial charge in [-0.15, -0.1) is 12.4 Å². The molecule has 0 saturated carbocycles. The molecule has 0 aliphatic carbocycles. The third-order valence-corrected chi connectivity index (χ3v) is 5.24. The van der Waals surface area contributed by atoms with Crippen LogP contribution in [0.25, 0.3) is 0 Å². The van der Waals surface area contributed by atoms with Crippen molar-refractivity contribution < 1.29 is 17.6 Å². The minimum atomic E-state index is -3.47. The Labute approximate surface area is 135 Å². The summed E-state index contributed by atoms with van der Waals surface area (Å²) in [4.78, 5) is 11.8. The summed E-state index contributed by atoms with van der Waals surface area (Å²) in [7, 11) is -3.47. The lowest BCUT2D eigenvalue weighted by molar-refractivity contribution is -0.119. The van der Waals surface area contributed by atoms with Crippen LogP contribution in [-0.2, 0) is 14.8 Å². The number of nitrogens with zero attached hydrogens (tertiary/aromatic N) is 1. The van der Waals surface area contributed by atoms with Crippen molar-refractivity contribution in [2.75, 3.05) is 28.5 Å². The molecule has 1 heterocycles. The summed E-state index contributed by atoms with van der Waals surface area (Å²) < 4.78 is 38.6. The van der Waals surface area contributed by atoms with E-state index in [-0.39, 0.29) is 48.8 Å². The summed E-state index contributed by atoms with van der Waals surface area (Å²) in [5.74, 6) is -1.30. The lowest BCUT2D eigenvalue weighted by atomic mass is 10.1. The first kappa shape index (κ1) is 18.7. The van der Waals surface area contributed by atoms with E-state index in [0.717, 1.165) is 10.4 Å². The lowest BCUT2D eigenvalue weighted by Crippen LogP contribution is -2.28. The van der Waals surface area contributed by atoms with E-state index < -0.39 is 15.8 Å². The van der Waals surface area contributed by atoms with Crippen molar-refractivity contribution in [3.8, 4) is 0 Å². The number of anilines is 2. The van der Waals surface area contributed by atoms with Gasteiger partial charge in [-0.2, -0.15) is 0 Å². The molecule has 22 heavy (non-hydrogen) atoms. The van der Waals surface area contributed by atoms with Gasteiger partial charge in [0.25, 0.3) is 0 Å². The van der Waals surface area contributed by atoms with E-state index in [1.165, 1.54) is 12.1 Å². The quantitative estimate of drug-likeness (QED) is 0.855. The largest absolute Gasteiger partial charge is 0.330 e. The molecule has 2 rings (SSSR count). The van der Waals surface area contributed by atoms with E-state index in [9.17, 15) is 17.6 Å². The van der Waals surface area contributed by atoms with Gasteiger partial charge in [0.1, 0.15) is 5.82 Å². The van der Waals surface area contributed by atoms with Gasteiger partial charge in [-0.3, -0.25) is 9.10 Å². The van der Waals surface area contributed by atoms with Crippen LogP contribution < -0.4 is 15.4 Å². The highest BCUT2D eigenvalue weighted by atomic mass is 35.5. The highest BCUT2D eigenvalue weighted by Gasteiger charge is 2.30. The number of nitrogens with two attached hydrogens (primary N) is 1. The summed E-state index contributed by atoms with van der Waals surface area (Å²) in [6.07, 6.45) is 0.461. The highest BCUT2D eigenvalue weighted by Crippen LogP contribution is 2.29. The Morgan fingerprint density at radius 2 is 2.18 bits per heavy atom. The minimum absolute atomic E-state index is 0. The molecule has 1 fully saturated rings. The lowest BCUT2D eigenvalue weighted by Gasteiger charge is -2.19. The Morgan fingerprint density at radius 3 is 2.73 bits per heavy atom. The van der Waals surface area contributed by atoms with Crippen molar-refractivity contribution >= 4 is 39.7 Å². The second-order valence-corrected chi connectivity index (χ2v) is 7.05. The van der Waals surface area contributed by atoms with Crippen LogP contribution in [0.3, 0.4) is 0 Å². The SMILES string of the molecule is CC(CN)C(=O)Nc1ccc(F)c(N2CCCS2(=O)=O)c1.Cl. The van der Waals surface area contributed by atoms with E-state index in [4.69, 9.17) is 5.73 Å². The normalized spacial score (nSPS) is 17.7. The molecular weight excluding hydrogens is 333 g/mol. The molecule has 9 heteroatoms. The van der Waals surface area contributed by atoms with E-state index >= 15 is 0 Å². The van der Waals surface area contributed by atoms with Gasteiger partial charge >= 0.3 is 0 Å². The molecule has 1 aliphatic rings. The molecule has 0 aromatic heterocycles. The molecule has 0 radical (unpaired) electrons. The standard InChI is InChI=1S/C13H18FN3O3S.ClH/c1-9(8-15)13(18)16-10-3-4-11(14)12(7-10)17-5-2-6-21(17,19)20;/h3-4,7,9H,2,5-6,8,15H2,1H3,(H,16,18);1H. The number of hydrogen-bond donors (Lipinski definition) is 2. The van der Waals surface area contributed by atoms with Crippen LogP contribution in [-0.4, -0.2) is 33.2 Å². The zero-order valence-corrected chi connectivity index (χ0v) is 13.7. The number of amides is 1. The van der Waals surface area contributed by atoms with E-state index in [0.29, 0.717) is 12.1 Å². The monoisotopic (exact) mass is 351 g/mol. The Bertz CT molecular complexity index is 654. The number of sulfonamides is 1. The minimum Gasteiger partial charge on any atom is -0.330 e. The van der Waals surface area contributed by atoms with Gasteiger partial charge in [-0.05, 0) is 24.6 Å². The predicted molar refractivity (Wildman–Crippen MR) is 86.2 cm³/mol. The zero-order valence-electron chi connectivity index (χ0n) is 12.1. The Hall–Kier alpha value is -1.38. The summed E-state index contributed by atoms with van der Waals surface area (Å²) in [5.41, 5.74) is 5.72. The Kier molecular flexibility index (Phi) is 6.16. The van der Waals surface area contributed by atoms with E-state index in [2.05, 4.69) is 5.32 Å². The number of nitrogens with one attached hydrogen (secondary N) is 1. The molecule has 1 aromatic carbocycles. The van der Waals surface area contributed by atoms with Crippen LogP contribution >= 0.6 is 12.4 Å². The number of rotatable bonds is 4. The average molecular weight is 352 g/mol. The first-order valence-corrected chi connectivity index (χ1v) is 8.27. The molecule has 3 N–H and O–H groups in total. The van der Waals surface area contributed by atoms with Gasteiger partial charge in [0.15, 0.2) is 0 Å². The van der Waals surface area contributed by atoms with Crippen molar-refractivity contribution in [3.63, 3.8) is 0 Å². The maximum Gasteiger partial charge on any atom is 0.235 e. The van der Waals surface area contributed by atoms with Crippen LogP contribution in [0.5, 0.6) is 0 Å². The third kappa shape index (κ3) is 3.88. The maximum atomic E-state index is 13.9. The Balaban J connectivity index is 0.00000242. The van der Waals surface area contributed by atoms with Gasteiger partial charge in [0, 0.05) is 24.7 Å². The molecule has 1 aromatic rings. The fourth-order valence-corrected chi connectivity index (χ4v) is 3.63. The van der Waals surface area contributed by atoms with Gasteiger partial charge < -0.3 is 11.1 Å². The molecule has 0 bridgehead atoms. The topological polar surface area (TPSA) is 92.5 Å². The van der Waals surface area contributed by atoms with Crippen molar-refractivity contribution in [3.05, 3.63) is 24.0 Å². The van der Waals surface area contributed by atoms with Crippen molar-refractivity contribution in [1.29, 1.82) is 0 Å². The number of carbonyl (C=O) groups is 1. The van der Waals surface area contributed by atoms with Crippen LogP contribution in [0.1, 0.15) is 13.3 Å². The molecule has 6 nitrogen and oxygen atoms in total. The number of hydrogen-bond acceptors (Lipinski definition) is 4. The van der Waals surface area contributed by atoms with Crippen LogP contribution in [0, 0.1) is 11.7 Å². The second kappa shape index (κ2) is 7.26. The maximum absolute atomic E-state index is 13.9. The number of halogens is 2. The summed E-state index contributed by atoms with van der Waals surface area (Å²) in [5, 5.41) is 2.60. The highest BCUT2D eigenvalue weighted by molar-refractivity contribution is 7.93. The van der Waals surface area contributed by atoms with Crippen LogP contribution in [0.4, 0.5) is 15.8 Å². The molecule has 1 saturated heterocycles. The van der Waals surface area contributed by atoms with Gasteiger partial charge in [0.05, 0.1) is 11.4 Å². The van der Waals surface area contributed by atoms with Gasteiger partial charge in [-0.25, -0.2) is 12.8 Å². The van der Waals surface area contributed by atoms with Gasteiger partial charge in [-0.1, -0.05) is 6.92 Å². The fourth-order valence-electron chi connectivity index (χ4n) is 2.06. The first-order valence-electron chi connectivity index (χ1n) is 6.66. The molecule has 1 unspecified atom stereocenters.